The summed E-state index contributed by atoms with van der Waals surface area (Å²) in [6, 6.07) is 0. The van der Waals surface area contributed by atoms with Crippen LogP contribution < -0.4 is 0 Å². The van der Waals surface area contributed by atoms with Crippen molar-refractivity contribution in [1.82, 2.24) is 0 Å². The molecule has 4 N–H and O–H groups in total. The van der Waals surface area contributed by atoms with Gasteiger partial charge in [0.15, 0.2) is 0 Å². The van der Waals surface area contributed by atoms with Crippen LogP contribution >= 0.6 is 7.82 Å². The molecule has 0 aliphatic carbocycles. The second kappa shape index (κ2) is 11.8. The molecule has 0 saturated carbocycles. The minimum absolute atomic E-state index is 0. The van der Waals surface area contributed by atoms with E-state index in [1.165, 1.54) is 0 Å². The molecule has 0 spiro atoms. The molecule has 0 bridgehead atoms. The van der Waals surface area contributed by atoms with E-state index in [0.717, 1.165) is 6.92 Å². The van der Waals surface area contributed by atoms with Crippen molar-refractivity contribution >= 4 is 81.1 Å². The summed E-state index contributed by atoms with van der Waals surface area (Å²) in [5.74, 6) is -0.833. The average Bonchev–Trinajstić information content (AvgIpc) is 1.19. The topological polar surface area (TPSA) is 115 Å². The Bertz CT molecular complexity index is 120. The molecule has 0 aromatic rings. The Kier molecular flexibility index (Phi) is 24.8. The van der Waals surface area contributed by atoms with Crippen molar-refractivity contribution in [2.75, 3.05) is 0 Å². The molecule has 0 aromatic heterocycles. The zero-order valence-electron chi connectivity index (χ0n) is 4.55. The number of carbonyl (C=O) groups is 1. The van der Waals surface area contributed by atoms with Crippen LogP contribution in [-0.2, 0) is 9.36 Å². The molecule has 0 aliphatic heterocycles. The molecule has 0 aliphatic rings. The molecule has 0 saturated heterocycles. The number of hydrogen-bond acceptors (Lipinski definition) is 2. The third-order valence-corrected chi connectivity index (χ3v) is 0. The molecule has 0 unspecified atom stereocenters. The van der Waals surface area contributed by atoms with E-state index in [1.807, 2.05) is 0 Å². The van der Waals surface area contributed by atoms with Gasteiger partial charge in [0.05, 0.1) is 0 Å². The Morgan fingerprint density at radius 2 is 1.27 bits per heavy atom. The van der Waals surface area contributed by atoms with Gasteiger partial charge >= 0.3 is 75.1 Å². The van der Waals surface area contributed by atoms with Gasteiger partial charge in [0.1, 0.15) is 0 Å². The third-order valence-electron chi connectivity index (χ3n) is 0. The predicted molar refractivity (Wildman–Crippen MR) is 43.3 cm³/mol. The van der Waals surface area contributed by atoms with E-state index >= 15 is 0 Å². The van der Waals surface area contributed by atoms with Crippen LogP contribution in [0.3, 0.4) is 0 Å². The molecule has 0 fully saturated rings. The minimum atomic E-state index is -4.64. The van der Waals surface area contributed by atoms with Crippen molar-refractivity contribution in [2.24, 2.45) is 0 Å². The van der Waals surface area contributed by atoms with Gasteiger partial charge in [0.2, 0.25) is 0 Å². The van der Waals surface area contributed by atoms with Gasteiger partial charge in [-0.1, -0.05) is 0 Å². The molecular formula is C2H10CaNaO6P. The van der Waals surface area contributed by atoms with Crippen LogP contribution in [0.15, 0.2) is 0 Å². The van der Waals surface area contributed by atoms with Gasteiger partial charge in [-0.15, -0.1) is 0 Å². The van der Waals surface area contributed by atoms with Crippen LogP contribution in [0.4, 0.5) is 0 Å². The summed E-state index contributed by atoms with van der Waals surface area (Å²) in [6.07, 6.45) is 0. The number of phosphoric acid groups is 1. The summed E-state index contributed by atoms with van der Waals surface area (Å²) < 4.78 is 8.88. The number of hydrogen-bond donors (Lipinski definition) is 4. The maximum atomic E-state index is 9.00. The zero-order chi connectivity index (χ0) is 8.08. The summed E-state index contributed by atoms with van der Waals surface area (Å²) in [5, 5.41) is 7.42. The van der Waals surface area contributed by atoms with Crippen LogP contribution in [0.2, 0.25) is 0 Å². The first-order valence-corrected chi connectivity index (χ1v) is 3.28. The van der Waals surface area contributed by atoms with Gasteiger partial charge in [-0.05, 0) is 0 Å². The van der Waals surface area contributed by atoms with Gasteiger partial charge in [0, 0.05) is 6.92 Å². The molecule has 0 heterocycles. The second-order valence-corrected chi connectivity index (χ2v) is 2.06. The summed E-state index contributed by atoms with van der Waals surface area (Å²) in [7, 11) is -4.64. The fraction of sp³-hybridized carbons (Fsp3) is 0.500. The van der Waals surface area contributed by atoms with Crippen molar-refractivity contribution in [3.05, 3.63) is 0 Å². The van der Waals surface area contributed by atoms with Crippen LogP contribution in [0.1, 0.15) is 6.92 Å². The Balaban J connectivity index is -0.0000000383. The fourth-order valence-electron chi connectivity index (χ4n) is 0. The molecule has 6 nitrogen and oxygen atoms in total. The van der Waals surface area contributed by atoms with E-state index in [9.17, 15) is 0 Å². The molecule has 0 aromatic carbocycles. The van der Waals surface area contributed by atoms with Crippen molar-refractivity contribution in [3.63, 3.8) is 0 Å². The van der Waals surface area contributed by atoms with Gasteiger partial charge < -0.3 is 19.8 Å². The van der Waals surface area contributed by atoms with E-state index in [4.69, 9.17) is 29.1 Å². The van der Waals surface area contributed by atoms with Crippen molar-refractivity contribution < 1.29 is 29.1 Å². The molecule has 0 rings (SSSR count). The van der Waals surface area contributed by atoms with Crippen LogP contribution in [0, 0.1) is 0 Å². The maximum absolute atomic E-state index is 9.00. The number of aliphatic carboxylic acids is 1. The Morgan fingerprint density at radius 3 is 1.27 bits per heavy atom. The van der Waals surface area contributed by atoms with Crippen molar-refractivity contribution in [2.45, 2.75) is 6.92 Å². The van der Waals surface area contributed by atoms with E-state index in [0.29, 0.717) is 0 Å². The van der Waals surface area contributed by atoms with Gasteiger partial charge in [-0.3, -0.25) is 4.79 Å². The van der Waals surface area contributed by atoms with Gasteiger partial charge in [0.25, 0.3) is 5.97 Å². The molecule has 9 heteroatoms. The first-order valence-electron chi connectivity index (χ1n) is 1.71. The van der Waals surface area contributed by atoms with Crippen LogP contribution in [-0.4, -0.2) is 93.1 Å². The Labute approximate surface area is 116 Å². The zero-order valence-corrected chi connectivity index (χ0v) is 5.45. The SMILES string of the molecule is CC(=O)O.O=P(O)(O)O.[CaH2].[NaH]. The summed E-state index contributed by atoms with van der Waals surface area (Å²) in [6.45, 7) is 1.08. The first-order chi connectivity index (χ1) is 3.73. The van der Waals surface area contributed by atoms with Crippen molar-refractivity contribution in [3.8, 4) is 0 Å². The number of carboxylic acids is 1. The molecule has 0 atom stereocenters. The Hall–Kier alpha value is 1.84. The van der Waals surface area contributed by atoms with E-state index in [-0.39, 0.29) is 67.3 Å². The third kappa shape index (κ3) is 339. The van der Waals surface area contributed by atoms with Crippen LogP contribution in [0.25, 0.3) is 0 Å². The standard InChI is InChI=1S/C2H4O2.Ca.Na.H3O4P.3H/c1-2(3)4;;;1-5(2,3)4;;;/h1H3,(H,3,4);;;(H3,1,2,3,4);;;. The molecule has 62 valence electrons. The molecule has 0 amide bonds. The van der Waals surface area contributed by atoms with E-state index < -0.39 is 13.8 Å². The number of carboxylic acid groups (broad SMARTS) is 1. The second-order valence-electron chi connectivity index (χ2n) is 1.03. The normalized spacial score (nSPS) is 7.64. The summed E-state index contributed by atoms with van der Waals surface area (Å²) >= 11 is 0. The quantitative estimate of drug-likeness (QED) is 0.269. The number of rotatable bonds is 0. The molecule has 0 radical (unpaired) electrons. The van der Waals surface area contributed by atoms with Crippen molar-refractivity contribution in [1.29, 1.82) is 0 Å². The molecular weight excluding hydrogens is 214 g/mol. The first kappa shape index (κ1) is 23.0. The summed E-state index contributed by atoms with van der Waals surface area (Å²) in [4.78, 5) is 30.6. The average molecular weight is 224 g/mol. The van der Waals surface area contributed by atoms with E-state index in [1.54, 1.807) is 0 Å². The Morgan fingerprint density at radius 1 is 1.27 bits per heavy atom. The monoisotopic (exact) mass is 224 g/mol. The van der Waals surface area contributed by atoms with Gasteiger partial charge in [-0.2, -0.15) is 0 Å². The van der Waals surface area contributed by atoms with Crippen LogP contribution in [0.5, 0.6) is 0 Å². The molecule has 11 heavy (non-hydrogen) atoms. The summed E-state index contributed by atoms with van der Waals surface area (Å²) in [5.41, 5.74) is 0. The fourth-order valence-corrected chi connectivity index (χ4v) is 0. The predicted octanol–water partition coefficient (Wildman–Crippen LogP) is -2.40. The van der Waals surface area contributed by atoms with Gasteiger partial charge in [-0.25, -0.2) is 4.57 Å². The van der Waals surface area contributed by atoms with E-state index in [2.05, 4.69) is 0 Å².